The van der Waals surface area contributed by atoms with Crippen molar-refractivity contribution in [3.05, 3.63) is 10.6 Å². The second kappa shape index (κ2) is 7.71. The van der Waals surface area contributed by atoms with Crippen LogP contribution in [0.1, 0.15) is 27.7 Å². The number of carboxylic acids is 1. The highest BCUT2D eigenvalue weighted by Crippen LogP contribution is 2.57. The van der Waals surface area contributed by atoms with E-state index in [-0.39, 0.29) is 22.4 Å². The summed E-state index contributed by atoms with van der Waals surface area (Å²) in [5.41, 5.74) is -0.872. The van der Waals surface area contributed by atoms with Crippen LogP contribution in [0, 0.1) is 11.3 Å². The zero-order chi connectivity index (χ0) is 21.7. The van der Waals surface area contributed by atoms with Gasteiger partial charge in [0.05, 0.1) is 11.5 Å². The van der Waals surface area contributed by atoms with E-state index in [0.29, 0.717) is 15.8 Å². The largest absolute Gasteiger partial charge is 0.477 e. The molecule has 0 spiro atoms. The summed E-state index contributed by atoms with van der Waals surface area (Å²) in [4.78, 5) is 27.2. The lowest BCUT2D eigenvalue weighted by atomic mass is 9.66. The van der Waals surface area contributed by atoms with E-state index in [1.807, 2.05) is 6.92 Å². The number of β-lactam (4-membered cyclic amide) rings is 1. The highest BCUT2D eigenvalue weighted by molar-refractivity contribution is 8.06. The first-order chi connectivity index (χ1) is 13.4. The number of carboxylic acid groups (broad SMARTS) is 1. The molecule has 160 valence electrons. The summed E-state index contributed by atoms with van der Waals surface area (Å²) in [6.45, 7) is 12.4. The van der Waals surface area contributed by atoms with Gasteiger partial charge in [0.1, 0.15) is 11.1 Å². The zero-order valence-corrected chi connectivity index (χ0v) is 20.5. The maximum Gasteiger partial charge on any atom is 0.353 e. The van der Waals surface area contributed by atoms with E-state index in [2.05, 4.69) is 49.4 Å². The second-order valence-electron chi connectivity index (χ2n) is 8.67. The first-order valence-corrected chi connectivity index (χ1v) is 14.0. The third-order valence-corrected chi connectivity index (χ3v) is 9.02. The molecule has 9 nitrogen and oxygen atoms in total. The number of amides is 1. The molecule has 2 aliphatic rings. The number of tetrazole rings is 1. The van der Waals surface area contributed by atoms with Crippen molar-refractivity contribution in [1.82, 2.24) is 25.1 Å². The SMILES string of the molecule is Cn1nnnc1SCC1=C(C(=O)O)N2C(=O)[C@H](C(C)(O[SiH](C)C)C(C)(C)C)[C@H]2S1. The molecule has 2 aliphatic heterocycles. The molecule has 0 radical (unpaired) electrons. The van der Waals surface area contributed by atoms with Gasteiger partial charge in [-0.1, -0.05) is 32.5 Å². The Labute approximate surface area is 180 Å². The molecule has 0 bridgehead atoms. The molecule has 1 aromatic rings. The Kier molecular flexibility index (Phi) is 5.93. The van der Waals surface area contributed by atoms with Gasteiger partial charge in [0.25, 0.3) is 0 Å². The van der Waals surface area contributed by atoms with E-state index in [4.69, 9.17) is 4.43 Å². The fourth-order valence-electron chi connectivity index (χ4n) is 3.67. The Morgan fingerprint density at radius 2 is 2.00 bits per heavy atom. The van der Waals surface area contributed by atoms with Crippen molar-refractivity contribution < 1.29 is 19.1 Å². The van der Waals surface area contributed by atoms with Crippen LogP contribution >= 0.6 is 23.5 Å². The lowest BCUT2D eigenvalue weighted by molar-refractivity contribution is -0.173. The van der Waals surface area contributed by atoms with E-state index in [9.17, 15) is 14.7 Å². The Hall–Kier alpha value is -1.37. The van der Waals surface area contributed by atoms with Gasteiger partial charge in [-0.05, 0) is 35.9 Å². The van der Waals surface area contributed by atoms with Gasteiger partial charge >= 0.3 is 5.97 Å². The van der Waals surface area contributed by atoms with Gasteiger partial charge in [0.2, 0.25) is 11.1 Å². The van der Waals surface area contributed by atoms with Gasteiger partial charge in [0.15, 0.2) is 9.04 Å². The second-order valence-corrected chi connectivity index (χ2v) is 13.2. The molecule has 1 N–H and O–H groups in total. The molecular formula is C17H27N5O4S2Si. The van der Waals surface area contributed by atoms with E-state index < -0.39 is 26.5 Å². The molecule has 0 aromatic carbocycles. The fraction of sp³-hybridized carbons (Fsp3) is 0.706. The summed E-state index contributed by atoms with van der Waals surface area (Å²) in [5.74, 6) is -1.27. The number of rotatable bonds is 7. The number of carbonyl (C=O) groups excluding carboxylic acids is 1. The van der Waals surface area contributed by atoms with Crippen LogP contribution in [0.2, 0.25) is 13.1 Å². The van der Waals surface area contributed by atoms with Crippen LogP contribution in [-0.2, 0) is 21.1 Å². The topological polar surface area (TPSA) is 110 Å². The predicted molar refractivity (Wildman–Crippen MR) is 114 cm³/mol. The average molecular weight is 458 g/mol. The van der Waals surface area contributed by atoms with E-state index >= 15 is 0 Å². The molecular weight excluding hydrogens is 430 g/mol. The predicted octanol–water partition coefficient (Wildman–Crippen LogP) is 1.93. The number of aromatic nitrogens is 4. The standard InChI is InChI=1S/C17H27N5O4S2Si/c1-16(2,3)17(4,26-29(6)7)10-12(23)22-11(14(24)25)9(28-13(10)22)8-27-15-18-19-20-21(15)5/h10,13,29H,8H2,1-7H3,(H,24,25)/t10-,13+,17?/m0/s1. The van der Waals surface area contributed by atoms with Gasteiger partial charge in [-0.25, -0.2) is 9.48 Å². The van der Waals surface area contributed by atoms with Crippen molar-refractivity contribution >= 4 is 44.4 Å². The molecule has 3 heterocycles. The number of nitrogens with zero attached hydrogens (tertiary/aromatic N) is 5. The van der Waals surface area contributed by atoms with Crippen molar-refractivity contribution in [1.29, 1.82) is 0 Å². The molecule has 3 rings (SSSR count). The van der Waals surface area contributed by atoms with Crippen LogP contribution in [0.4, 0.5) is 0 Å². The molecule has 3 atom stereocenters. The lowest BCUT2D eigenvalue weighted by Crippen LogP contribution is -2.69. The van der Waals surface area contributed by atoms with E-state index in [1.165, 1.54) is 33.1 Å². The van der Waals surface area contributed by atoms with Crippen LogP contribution in [-0.4, -0.2) is 67.9 Å². The maximum absolute atomic E-state index is 13.2. The number of aliphatic carboxylic acids is 1. The summed E-state index contributed by atoms with van der Waals surface area (Å²) in [7, 11) is 0.287. The summed E-state index contributed by atoms with van der Waals surface area (Å²) in [6.07, 6.45) is 0. The fourth-order valence-corrected chi connectivity index (χ4v) is 7.73. The first-order valence-electron chi connectivity index (χ1n) is 9.37. The molecule has 12 heteroatoms. The first kappa shape index (κ1) is 22.3. The van der Waals surface area contributed by atoms with Gasteiger partial charge in [-0.2, -0.15) is 0 Å². The van der Waals surface area contributed by atoms with Crippen molar-refractivity contribution in [2.45, 2.75) is 56.9 Å². The number of fused-ring (bicyclic) bond motifs is 1. The monoisotopic (exact) mass is 457 g/mol. The normalized spacial score (nSPS) is 24.0. The van der Waals surface area contributed by atoms with Crippen LogP contribution in [0.3, 0.4) is 0 Å². The zero-order valence-electron chi connectivity index (χ0n) is 17.7. The molecule has 1 saturated heterocycles. The van der Waals surface area contributed by atoms with Crippen LogP contribution < -0.4 is 0 Å². The molecule has 1 amide bonds. The number of hydrogen-bond donors (Lipinski definition) is 1. The molecule has 1 unspecified atom stereocenters. The summed E-state index contributed by atoms with van der Waals surface area (Å²) in [6, 6.07) is 0. The van der Waals surface area contributed by atoms with E-state index in [1.54, 1.807) is 7.05 Å². The third-order valence-electron chi connectivity index (χ3n) is 5.49. The van der Waals surface area contributed by atoms with Gasteiger partial charge in [0, 0.05) is 17.7 Å². The molecule has 1 aromatic heterocycles. The smallest absolute Gasteiger partial charge is 0.353 e. The Bertz CT molecular complexity index is 868. The van der Waals surface area contributed by atoms with E-state index in [0.717, 1.165) is 0 Å². The summed E-state index contributed by atoms with van der Waals surface area (Å²) >= 11 is 2.80. The third kappa shape index (κ3) is 3.75. The van der Waals surface area contributed by atoms with Gasteiger partial charge < -0.3 is 9.53 Å². The quantitative estimate of drug-likeness (QED) is 0.373. The number of carbonyl (C=O) groups is 2. The molecule has 1 fully saturated rings. The summed E-state index contributed by atoms with van der Waals surface area (Å²) < 4.78 is 7.96. The van der Waals surface area contributed by atoms with Crippen LogP contribution in [0.15, 0.2) is 15.8 Å². The van der Waals surface area contributed by atoms with Crippen molar-refractivity contribution in [3.63, 3.8) is 0 Å². The lowest BCUT2D eigenvalue weighted by Gasteiger charge is -2.56. The minimum atomic E-state index is -1.44. The van der Waals surface area contributed by atoms with Gasteiger partial charge in [-0.15, -0.1) is 16.9 Å². The van der Waals surface area contributed by atoms with Crippen molar-refractivity contribution in [2.75, 3.05) is 5.75 Å². The Morgan fingerprint density at radius 3 is 2.48 bits per heavy atom. The van der Waals surface area contributed by atoms with Gasteiger partial charge in [-0.3, -0.25) is 9.69 Å². The molecule has 29 heavy (non-hydrogen) atoms. The molecule has 0 aliphatic carbocycles. The van der Waals surface area contributed by atoms with Crippen LogP contribution in [0.5, 0.6) is 0 Å². The van der Waals surface area contributed by atoms with Crippen molar-refractivity contribution in [3.8, 4) is 0 Å². The Morgan fingerprint density at radius 1 is 1.34 bits per heavy atom. The number of hydrogen-bond acceptors (Lipinski definition) is 8. The van der Waals surface area contributed by atoms with Crippen molar-refractivity contribution in [2.24, 2.45) is 18.4 Å². The summed E-state index contributed by atoms with van der Waals surface area (Å²) in [5, 5.41) is 21.4. The highest BCUT2D eigenvalue weighted by atomic mass is 32.2. The maximum atomic E-state index is 13.2. The average Bonchev–Trinajstić information content (AvgIpc) is 3.12. The number of thioether (sulfide) groups is 2. The minimum Gasteiger partial charge on any atom is -0.477 e. The Balaban J connectivity index is 1.87. The highest BCUT2D eigenvalue weighted by Gasteiger charge is 2.65. The number of aryl methyl sites for hydroxylation is 1. The minimum absolute atomic E-state index is 0.0712. The van der Waals surface area contributed by atoms with Crippen LogP contribution in [0.25, 0.3) is 0 Å². The molecule has 0 saturated carbocycles.